The molecule has 0 aromatic heterocycles. The Morgan fingerprint density at radius 3 is 2.40 bits per heavy atom. The van der Waals surface area contributed by atoms with Crippen molar-refractivity contribution in [3.05, 3.63) is 0 Å². The second-order valence-corrected chi connectivity index (χ2v) is 4.73. The van der Waals surface area contributed by atoms with E-state index in [1.807, 2.05) is 6.92 Å². The highest BCUT2D eigenvalue weighted by molar-refractivity contribution is 5.74. The fourth-order valence-corrected chi connectivity index (χ4v) is 2.08. The minimum Gasteiger partial charge on any atom is -0.481 e. The Morgan fingerprint density at radius 1 is 1.47 bits per heavy atom. The number of carboxylic acids is 1. The van der Waals surface area contributed by atoms with Crippen molar-refractivity contribution in [1.82, 2.24) is 0 Å². The summed E-state index contributed by atoms with van der Waals surface area (Å²) in [5.41, 5.74) is -1.69. The highest BCUT2D eigenvalue weighted by Gasteiger charge is 2.44. The zero-order valence-electron chi connectivity index (χ0n) is 9.45. The van der Waals surface area contributed by atoms with Crippen molar-refractivity contribution in [2.45, 2.75) is 45.1 Å². The van der Waals surface area contributed by atoms with Crippen LogP contribution in [0.25, 0.3) is 0 Å². The zero-order valence-corrected chi connectivity index (χ0v) is 9.45. The predicted molar refractivity (Wildman–Crippen MR) is 55.7 cm³/mol. The summed E-state index contributed by atoms with van der Waals surface area (Å²) >= 11 is 0. The van der Waals surface area contributed by atoms with Gasteiger partial charge in [0.1, 0.15) is 0 Å². The van der Waals surface area contributed by atoms with E-state index in [1.165, 1.54) is 0 Å². The van der Waals surface area contributed by atoms with Crippen molar-refractivity contribution >= 4 is 5.97 Å². The van der Waals surface area contributed by atoms with E-state index < -0.39 is 17.0 Å². The molecule has 1 saturated heterocycles. The van der Waals surface area contributed by atoms with Crippen LogP contribution in [0.1, 0.15) is 39.5 Å². The number of ether oxygens (including phenoxy) is 1. The van der Waals surface area contributed by atoms with Crippen LogP contribution in [0.15, 0.2) is 0 Å². The van der Waals surface area contributed by atoms with Crippen LogP contribution < -0.4 is 0 Å². The van der Waals surface area contributed by atoms with Crippen LogP contribution >= 0.6 is 0 Å². The maximum atomic E-state index is 11.3. The second-order valence-electron chi connectivity index (χ2n) is 4.73. The first-order valence-corrected chi connectivity index (χ1v) is 5.45. The smallest absolute Gasteiger partial charge is 0.309 e. The molecule has 1 aliphatic rings. The summed E-state index contributed by atoms with van der Waals surface area (Å²) in [6, 6.07) is 0. The third kappa shape index (κ3) is 2.92. The van der Waals surface area contributed by atoms with Crippen molar-refractivity contribution in [3.8, 4) is 0 Å². The lowest BCUT2D eigenvalue weighted by Crippen LogP contribution is -2.43. The molecule has 2 N–H and O–H groups in total. The molecule has 88 valence electrons. The second kappa shape index (κ2) is 4.49. The quantitative estimate of drug-likeness (QED) is 0.745. The molecule has 0 aliphatic carbocycles. The maximum Gasteiger partial charge on any atom is 0.309 e. The number of rotatable bonds is 4. The van der Waals surface area contributed by atoms with E-state index in [-0.39, 0.29) is 0 Å². The van der Waals surface area contributed by atoms with Crippen molar-refractivity contribution in [2.75, 3.05) is 13.2 Å². The molecule has 0 aromatic carbocycles. The van der Waals surface area contributed by atoms with Crippen LogP contribution in [-0.4, -0.2) is 35.0 Å². The highest BCUT2D eigenvalue weighted by atomic mass is 16.5. The summed E-state index contributed by atoms with van der Waals surface area (Å²) in [5.74, 6) is -0.806. The minimum absolute atomic E-state index is 0.315. The number of aliphatic hydroxyl groups is 1. The van der Waals surface area contributed by atoms with Gasteiger partial charge in [0.15, 0.2) is 0 Å². The van der Waals surface area contributed by atoms with Crippen molar-refractivity contribution in [2.24, 2.45) is 5.41 Å². The van der Waals surface area contributed by atoms with Crippen molar-refractivity contribution in [3.63, 3.8) is 0 Å². The summed E-state index contributed by atoms with van der Waals surface area (Å²) < 4.78 is 5.18. The van der Waals surface area contributed by atoms with Gasteiger partial charge in [-0.1, -0.05) is 6.92 Å². The van der Waals surface area contributed by atoms with Gasteiger partial charge in [-0.05, 0) is 32.6 Å². The van der Waals surface area contributed by atoms with Crippen LogP contribution in [0, 0.1) is 5.41 Å². The Kier molecular flexibility index (Phi) is 3.73. The lowest BCUT2D eigenvalue weighted by Gasteiger charge is -2.38. The van der Waals surface area contributed by atoms with Crippen molar-refractivity contribution in [1.29, 1.82) is 0 Å². The number of hydrogen-bond donors (Lipinski definition) is 2. The van der Waals surface area contributed by atoms with Gasteiger partial charge in [0.25, 0.3) is 0 Å². The molecule has 0 amide bonds. The van der Waals surface area contributed by atoms with Crippen LogP contribution in [0.2, 0.25) is 0 Å². The van der Waals surface area contributed by atoms with E-state index in [9.17, 15) is 15.0 Å². The molecule has 1 atom stereocenters. The van der Waals surface area contributed by atoms with Crippen LogP contribution in [0.4, 0.5) is 0 Å². The highest BCUT2D eigenvalue weighted by Crippen LogP contribution is 2.39. The molecule has 1 heterocycles. The molecule has 0 bridgehead atoms. The fraction of sp³-hybridized carbons (Fsp3) is 0.909. The molecule has 4 nitrogen and oxygen atoms in total. The Hall–Kier alpha value is -0.610. The molecule has 1 aliphatic heterocycles. The molecular formula is C11H20O4. The van der Waals surface area contributed by atoms with E-state index in [2.05, 4.69) is 0 Å². The average Bonchev–Trinajstić information content (AvgIpc) is 2.18. The Labute approximate surface area is 90.2 Å². The van der Waals surface area contributed by atoms with Gasteiger partial charge in [-0.2, -0.15) is 0 Å². The molecular weight excluding hydrogens is 196 g/mol. The van der Waals surface area contributed by atoms with E-state index in [0.717, 1.165) is 0 Å². The lowest BCUT2D eigenvalue weighted by molar-refractivity contribution is -0.160. The number of carbonyl (C=O) groups is 1. The minimum atomic E-state index is -0.893. The Balaban J connectivity index is 2.77. The first-order valence-electron chi connectivity index (χ1n) is 5.45. The summed E-state index contributed by atoms with van der Waals surface area (Å²) in [6.45, 7) is 4.53. The summed E-state index contributed by atoms with van der Waals surface area (Å²) in [5, 5.41) is 19.3. The fourth-order valence-electron chi connectivity index (χ4n) is 2.08. The van der Waals surface area contributed by atoms with Gasteiger partial charge in [-0.25, -0.2) is 0 Å². The normalized spacial score (nSPS) is 24.5. The van der Waals surface area contributed by atoms with Gasteiger partial charge in [0.05, 0.1) is 11.0 Å². The average molecular weight is 216 g/mol. The molecule has 0 saturated carbocycles. The van der Waals surface area contributed by atoms with Gasteiger partial charge in [0.2, 0.25) is 0 Å². The van der Waals surface area contributed by atoms with Gasteiger partial charge in [-0.3, -0.25) is 4.79 Å². The lowest BCUT2D eigenvalue weighted by atomic mass is 9.72. The summed E-state index contributed by atoms with van der Waals surface area (Å²) in [6.07, 6.45) is 1.88. The third-order valence-electron chi connectivity index (χ3n) is 3.38. The van der Waals surface area contributed by atoms with E-state index in [1.54, 1.807) is 6.92 Å². The van der Waals surface area contributed by atoms with Gasteiger partial charge in [-0.15, -0.1) is 0 Å². The number of carboxylic acid groups (broad SMARTS) is 1. The molecule has 1 fully saturated rings. The zero-order chi connectivity index (χ0) is 11.5. The largest absolute Gasteiger partial charge is 0.481 e. The van der Waals surface area contributed by atoms with Crippen LogP contribution in [0.3, 0.4) is 0 Å². The summed E-state index contributed by atoms with van der Waals surface area (Å²) in [7, 11) is 0. The van der Waals surface area contributed by atoms with E-state index in [4.69, 9.17) is 4.74 Å². The Bertz CT molecular complexity index is 229. The molecule has 15 heavy (non-hydrogen) atoms. The summed E-state index contributed by atoms with van der Waals surface area (Å²) in [4.78, 5) is 11.3. The maximum absolute atomic E-state index is 11.3. The van der Waals surface area contributed by atoms with E-state index in [0.29, 0.717) is 38.9 Å². The van der Waals surface area contributed by atoms with Gasteiger partial charge in [0, 0.05) is 13.2 Å². The van der Waals surface area contributed by atoms with Crippen LogP contribution in [-0.2, 0) is 9.53 Å². The van der Waals surface area contributed by atoms with Gasteiger partial charge < -0.3 is 14.9 Å². The topological polar surface area (TPSA) is 66.8 Å². The first kappa shape index (κ1) is 12.5. The molecule has 1 unspecified atom stereocenters. The van der Waals surface area contributed by atoms with Crippen LogP contribution in [0.5, 0.6) is 0 Å². The monoisotopic (exact) mass is 216 g/mol. The predicted octanol–water partition coefficient (Wildman–Crippen LogP) is 1.42. The SMILES string of the molecule is CCC(C)(O)CC1(C(=O)O)CCOCC1. The van der Waals surface area contributed by atoms with Crippen molar-refractivity contribution < 1.29 is 19.7 Å². The Morgan fingerprint density at radius 2 is 2.00 bits per heavy atom. The number of aliphatic carboxylic acids is 1. The molecule has 0 radical (unpaired) electrons. The molecule has 1 rings (SSSR count). The molecule has 4 heteroatoms. The van der Waals surface area contributed by atoms with E-state index >= 15 is 0 Å². The first-order chi connectivity index (χ1) is 6.92. The number of hydrogen-bond acceptors (Lipinski definition) is 3. The molecule has 0 aromatic rings. The molecule has 0 spiro atoms. The third-order valence-corrected chi connectivity index (χ3v) is 3.38. The standard InChI is InChI=1S/C11H20O4/c1-3-10(2,14)8-11(9(12)13)4-6-15-7-5-11/h14H,3-8H2,1-2H3,(H,12,13). The van der Waals surface area contributed by atoms with Gasteiger partial charge >= 0.3 is 5.97 Å².